The van der Waals surface area contributed by atoms with Gasteiger partial charge < -0.3 is 20.5 Å². The molecule has 2 aliphatic rings. The molecule has 0 aromatic carbocycles. The van der Waals surface area contributed by atoms with E-state index in [2.05, 4.69) is 29.2 Å². The molecule has 2 saturated carbocycles. The van der Waals surface area contributed by atoms with Gasteiger partial charge in [-0.2, -0.15) is 0 Å². The smallest absolute Gasteiger partial charge is 0.276 e. The molecular formula is C20H34N4O2. The minimum Gasteiger partial charge on any atom is -0.360 e. The Morgan fingerprint density at radius 1 is 1.31 bits per heavy atom. The third-order valence-electron chi connectivity index (χ3n) is 5.50. The van der Waals surface area contributed by atoms with Crippen LogP contribution in [-0.4, -0.2) is 47.7 Å². The number of hydrogen-bond donors (Lipinski definition) is 2. The lowest BCUT2D eigenvalue weighted by Crippen LogP contribution is -2.47. The summed E-state index contributed by atoms with van der Waals surface area (Å²) in [6.07, 6.45) is 7.65. The molecule has 1 aromatic rings. The third-order valence-corrected chi connectivity index (χ3v) is 5.50. The molecular weight excluding hydrogens is 328 g/mol. The molecule has 0 atom stereocenters. The van der Waals surface area contributed by atoms with E-state index in [1.165, 1.54) is 0 Å². The zero-order valence-electron chi connectivity index (χ0n) is 16.2. The summed E-state index contributed by atoms with van der Waals surface area (Å²) >= 11 is 0. The highest BCUT2D eigenvalue weighted by molar-refractivity contribution is 5.92. The Morgan fingerprint density at radius 2 is 2.04 bits per heavy atom. The van der Waals surface area contributed by atoms with Gasteiger partial charge >= 0.3 is 0 Å². The summed E-state index contributed by atoms with van der Waals surface area (Å²) in [7, 11) is 0. The maximum atomic E-state index is 13.1. The maximum absolute atomic E-state index is 13.1. The van der Waals surface area contributed by atoms with Crippen LogP contribution in [0.5, 0.6) is 0 Å². The minimum atomic E-state index is 0.0360. The van der Waals surface area contributed by atoms with E-state index in [1.807, 2.05) is 6.07 Å². The van der Waals surface area contributed by atoms with Crippen LogP contribution in [0.15, 0.2) is 10.6 Å². The zero-order chi connectivity index (χ0) is 18.5. The zero-order valence-corrected chi connectivity index (χ0v) is 16.2. The molecule has 0 unspecified atom stereocenters. The summed E-state index contributed by atoms with van der Waals surface area (Å²) in [5, 5.41) is 7.67. The standard InChI is InChI=1S/C20H34N4O2/c1-14(2)13-24(17-8-6-16(7-9-17)22-11-3-10-21)20(25)18-12-19(26-23-18)15-4-5-15/h12,14-17,22H,3-11,13,21H2,1-2H3. The van der Waals surface area contributed by atoms with Crippen LogP contribution >= 0.6 is 0 Å². The highest BCUT2D eigenvalue weighted by Crippen LogP contribution is 2.40. The molecule has 1 amide bonds. The van der Waals surface area contributed by atoms with E-state index in [0.29, 0.717) is 29.6 Å². The summed E-state index contributed by atoms with van der Waals surface area (Å²) in [4.78, 5) is 15.2. The van der Waals surface area contributed by atoms with Gasteiger partial charge in [0.1, 0.15) is 5.76 Å². The molecule has 0 saturated heterocycles. The van der Waals surface area contributed by atoms with Gasteiger partial charge in [0, 0.05) is 30.6 Å². The van der Waals surface area contributed by atoms with Gasteiger partial charge in [0.25, 0.3) is 5.91 Å². The summed E-state index contributed by atoms with van der Waals surface area (Å²) in [6.45, 7) is 6.83. The topological polar surface area (TPSA) is 84.4 Å². The van der Waals surface area contributed by atoms with Gasteiger partial charge in [-0.15, -0.1) is 0 Å². The van der Waals surface area contributed by atoms with Gasteiger partial charge in [0.05, 0.1) is 0 Å². The lowest BCUT2D eigenvalue weighted by atomic mass is 9.89. The third kappa shape index (κ3) is 5.07. The molecule has 6 heteroatoms. The molecule has 3 N–H and O–H groups in total. The quantitative estimate of drug-likeness (QED) is 0.660. The van der Waals surface area contributed by atoms with Crippen molar-refractivity contribution in [2.45, 2.75) is 76.8 Å². The number of nitrogens with two attached hydrogens (primary N) is 1. The number of amides is 1. The normalized spacial score (nSPS) is 23.4. The number of carbonyl (C=O) groups is 1. The van der Waals surface area contributed by atoms with E-state index in [-0.39, 0.29) is 5.91 Å². The van der Waals surface area contributed by atoms with Crippen molar-refractivity contribution in [3.8, 4) is 0 Å². The Labute approximate surface area is 156 Å². The van der Waals surface area contributed by atoms with Crippen molar-refractivity contribution in [2.75, 3.05) is 19.6 Å². The van der Waals surface area contributed by atoms with Crippen LogP contribution in [-0.2, 0) is 0 Å². The summed E-state index contributed by atoms with van der Waals surface area (Å²) < 4.78 is 5.41. The van der Waals surface area contributed by atoms with Crippen molar-refractivity contribution >= 4 is 5.91 Å². The van der Waals surface area contributed by atoms with E-state index in [9.17, 15) is 4.79 Å². The van der Waals surface area contributed by atoms with Crippen LogP contribution in [0, 0.1) is 5.92 Å². The molecule has 1 aromatic heterocycles. The molecule has 2 aliphatic carbocycles. The number of aromatic nitrogens is 1. The maximum Gasteiger partial charge on any atom is 0.276 e. The van der Waals surface area contributed by atoms with Crippen molar-refractivity contribution in [1.29, 1.82) is 0 Å². The molecule has 2 fully saturated rings. The van der Waals surface area contributed by atoms with Crippen LogP contribution in [0.25, 0.3) is 0 Å². The number of hydrogen-bond acceptors (Lipinski definition) is 5. The van der Waals surface area contributed by atoms with E-state index in [4.69, 9.17) is 10.3 Å². The number of nitrogens with one attached hydrogen (secondary N) is 1. The fourth-order valence-corrected chi connectivity index (χ4v) is 3.89. The lowest BCUT2D eigenvalue weighted by molar-refractivity contribution is 0.0579. The van der Waals surface area contributed by atoms with E-state index in [1.54, 1.807) is 0 Å². The molecule has 0 spiro atoms. The van der Waals surface area contributed by atoms with Crippen molar-refractivity contribution in [3.63, 3.8) is 0 Å². The average molecular weight is 363 g/mol. The second-order valence-corrected chi connectivity index (χ2v) is 8.34. The molecule has 0 radical (unpaired) electrons. The Kier molecular flexibility index (Phi) is 6.70. The monoisotopic (exact) mass is 362 g/mol. The second kappa shape index (κ2) is 9.00. The first kappa shape index (κ1) is 19.4. The van der Waals surface area contributed by atoms with Gasteiger partial charge in [0.15, 0.2) is 5.69 Å². The summed E-state index contributed by atoms with van der Waals surface area (Å²) in [5.41, 5.74) is 6.05. The summed E-state index contributed by atoms with van der Waals surface area (Å²) in [5.74, 6) is 1.84. The molecule has 3 rings (SSSR count). The van der Waals surface area contributed by atoms with E-state index in [0.717, 1.165) is 70.3 Å². The Morgan fingerprint density at radius 3 is 2.65 bits per heavy atom. The SMILES string of the molecule is CC(C)CN(C(=O)c1cc(C2CC2)on1)C1CCC(NCCCN)CC1. The molecule has 0 aliphatic heterocycles. The van der Waals surface area contributed by atoms with Gasteiger partial charge in [-0.25, -0.2) is 0 Å². The van der Waals surface area contributed by atoms with Gasteiger partial charge in [0.2, 0.25) is 0 Å². The van der Waals surface area contributed by atoms with E-state index >= 15 is 0 Å². The fraction of sp³-hybridized carbons (Fsp3) is 0.800. The molecule has 0 bridgehead atoms. The molecule has 6 nitrogen and oxygen atoms in total. The van der Waals surface area contributed by atoms with Gasteiger partial charge in [-0.1, -0.05) is 19.0 Å². The van der Waals surface area contributed by atoms with Crippen molar-refractivity contribution < 1.29 is 9.32 Å². The van der Waals surface area contributed by atoms with Crippen LogP contribution in [0.4, 0.5) is 0 Å². The highest BCUT2D eigenvalue weighted by Gasteiger charge is 2.33. The Balaban J connectivity index is 1.59. The largest absolute Gasteiger partial charge is 0.360 e. The first-order valence-electron chi connectivity index (χ1n) is 10.3. The Hall–Kier alpha value is -1.40. The number of nitrogens with zero attached hydrogens (tertiary/aromatic N) is 2. The predicted octanol–water partition coefficient (Wildman–Crippen LogP) is 2.90. The summed E-state index contributed by atoms with van der Waals surface area (Å²) in [6, 6.07) is 2.73. The van der Waals surface area contributed by atoms with Crippen molar-refractivity contribution in [1.82, 2.24) is 15.4 Å². The minimum absolute atomic E-state index is 0.0360. The number of carbonyl (C=O) groups excluding carboxylic acids is 1. The highest BCUT2D eigenvalue weighted by atomic mass is 16.5. The number of rotatable bonds is 9. The van der Waals surface area contributed by atoms with E-state index < -0.39 is 0 Å². The fourth-order valence-electron chi connectivity index (χ4n) is 3.89. The van der Waals surface area contributed by atoms with Crippen LogP contribution in [0.2, 0.25) is 0 Å². The molecule has 146 valence electrons. The van der Waals surface area contributed by atoms with Crippen LogP contribution in [0.1, 0.15) is 81.0 Å². The average Bonchev–Trinajstić information content (AvgIpc) is 3.37. The van der Waals surface area contributed by atoms with Crippen molar-refractivity contribution in [2.24, 2.45) is 11.7 Å². The molecule has 1 heterocycles. The van der Waals surface area contributed by atoms with Crippen LogP contribution in [0.3, 0.4) is 0 Å². The van der Waals surface area contributed by atoms with Gasteiger partial charge in [-0.05, 0) is 64.0 Å². The lowest BCUT2D eigenvalue weighted by Gasteiger charge is -2.37. The van der Waals surface area contributed by atoms with Gasteiger partial charge in [-0.3, -0.25) is 4.79 Å². The van der Waals surface area contributed by atoms with Crippen molar-refractivity contribution in [3.05, 3.63) is 17.5 Å². The Bertz CT molecular complexity index is 574. The predicted molar refractivity (Wildman–Crippen MR) is 102 cm³/mol. The second-order valence-electron chi connectivity index (χ2n) is 8.34. The first-order chi connectivity index (χ1) is 12.6. The first-order valence-corrected chi connectivity index (χ1v) is 10.3. The van der Waals surface area contributed by atoms with Crippen LogP contribution < -0.4 is 11.1 Å². The molecule has 26 heavy (non-hydrogen) atoms.